The molecule has 0 saturated heterocycles. The SMILES string of the molecule is CCC(CCN)CCC(=O)NC1(CO)CCCC(C)C1. The van der Waals surface area contributed by atoms with Crippen molar-refractivity contribution >= 4 is 5.91 Å². The molecule has 0 aliphatic heterocycles. The largest absolute Gasteiger partial charge is 0.394 e. The van der Waals surface area contributed by atoms with Gasteiger partial charge in [0.2, 0.25) is 5.91 Å². The molecule has 4 nitrogen and oxygen atoms in total. The number of rotatable bonds is 8. The zero-order valence-electron chi connectivity index (χ0n) is 13.2. The van der Waals surface area contributed by atoms with Gasteiger partial charge in [0.25, 0.3) is 0 Å². The summed E-state index contributed by atoms with van der Waals surface area (Å²) in [5.41, 5.74) is 5.21. The summed E-state index contributed by atoms with van der Waals surface area (Å²) in [7, 11) is 0. The minimum absolute atomic E-state index is 0.0586. The van der Waals surface area contributed by atoms with E-state index in [1.54, 1.807) is 0 Å². The molecule has 118 valence electrons. The number of nitrogens with one attached hydrogen (secondary N) is 1. The molecule has 1 saturated carbocycles. The van der Waals surface area contributed by atoms with Crippen molar-refractivity contribution in [2.45, 2.75) is 70.8 Å². The Hall–Kier alpha value is -0.610. The Morgan fingerprint density at radius 2 is 2.25 bits per heavy atom. The van der Waals surface area contributed by atoms with Crippen LogP contribution in [0.3, 0.4) is 0 Å². The van der Waals surface area contributed by atoms with E-state index in [-0.39, 0.29) is 18.1 Å². The summed E-state index contributed by atoms with van der Waals surface area (Å²) < 4.78 is 0. The highest BCUT2D eigenvalue weighted by atomic mass is 16.3. The van der Waals surface area contributed by atoms with Gasteiger partial charge in [-0.3, -0.25) is 4.79 Å². The van der Waals surface area contributed by atoms with E-state index < -0.39 is 0 Å². The molecule has 1 aliphatic rings. The van der Waals surface area contributed by atoms with Crippen LogP contribution in [0.1, 0.15) is 65.2 Å². The molecule has 0 aromatic heterocycles. The van der Waals surface area contributed by atoms with Gasteiger partial charge in [0.15, 0.2) is 0 Å². The molecule has 0 radical (unpaired) electrons. The Morgan fingerprint density at radius 1 is 1.50 bits per heavy atom. The minimum Gasteiger partial charge on any atom is -0.394 e. The van der Waals surface area contributed by atoms with Crippen LogP contribution in [-0.4, -0.2) is 29.7 Å². The number of aliphatic hydroxyl groups is 1. The van der Waals surface area contributed by atoms with E-state index in [0.717, 1.165) is 38.5 Å². The first-order chi connectivity index (χ1) is 9.55. The maximum Gasteiger partial charge on any atom is 0.220 e. The topological polar surface area (TPSA) is 75.4 Å². The van der Waals surface area contributed by atoms with Crippen LogP contribution in [0, 0.1) is 11.8 Å². The van der Waals surface area contributed by atoms with E-state index in [2.05, 4.69) is 19.2 Å². The number of hydrogen-bond donors (Lipinski definition) is 3. The average molecular weight is 284 g/mol. The lowest BCUT2D eigenvalue weighted by molar-refractivity contribution is -0.124. The third-order valence-corrected chi connectivity index (χ3v) is 4.73. The Labute approximate surface area is 123 Å². The van der Waals surface area contributed by atoms with Gasteiger partial charge in [-0.15, -0.1) is 0 Å². The number of carbonyl (C=O) groups excluding carboxylic acids is 1. The van der Waals surface area contributed by atoms with Crippen molar-refractivity contribution in [3.8, 4) is 0 Å². The van der Waals surface area contributed by atoms with Crippen molar-refractivity contribution in [3.05, 3.63) is 0 Å². The summed E-state index contributed by atoms with van der Waals surface area (Å²) in [6.45, 7) is 5.10. The van der Waals surface area contributed by atoms with Gasteiger partial charge < -0.3 is 16.2 Å². The number of nitrogens with two attached hydrogens (primary N) is 1. The van der Waals surface area contributed by atoms with Crippen molar-refractivity contribution in [1.82, 2.24) is 5.32 Å². The second-order valence-corrected chi connectivity index (χ2v) is 6.58. The zero-order chi connectivity index (χ0) is 15.0. The third kappa shape index (κ3) is 5.41. The summed E-state index contributed by atoms with van der Waals surface area (Å²) >= 11 is 0. The lowest BCUT2D eigenvalue weighted by atomic mass is 9.76. The molecule has 0 bridgehead atoms. The molecule has 20 heavy (non-hydrogen) atoms. The quantitative estimate of drug-likeness (QED) is 0.639. The number of aliphatic hydroxyl groups excluding tert-OH is 1. The van der Waals surface area contributed by atoms with Gasteiger partial charge in [0.05, 0.1) is 12.1 Å². The molecule has 1 rings (SSSR count). The molecular formula is C16H32N2O2. The van der Waals surface area contributed by atoms with Gasteiger partial charge in [-0.1, -0.05) is 33.1 Å². The van der Waals surface area contributed by atoms with Crippen LogP contribution in [0.4, 0.5) is 0 Å². The Kier molecular flexibility index (Phi) is 7.52. The minimum atomic E-state index is -0.371. The predicted octanol–water partition coefficient (Wildman–Crippen LogP) is 2.20. The third-order valence-electron chi connectivity index (χ3n) is 4.73. The smallest absolute Gasteiger partial charge is 0.220 e. The van der Waals surface area contributed by atoms with E-state index in [1.165, 1.54) is 6.42 Å². The highest BCUT2D eigenvalue weighted by molar-refractivity contribution is 5.76. The van der Waals surface area contributed by atoms with E-state index in [1.807, 2.05) is 0 Å². The van der Waals surface area contributed by atoms with Crippen molar-refractivity contribution in [1.29, 1.82) is 0 Å². The van der Waals surface area contributed by atoms with Crippen LogP contribution in [0.15, 0.2) is 0 Å². The number of amides is 1. The summed E-state index contributed by atoms with van der Waals surface area (Å²) in [6.07, 6.45) is 7.61. The lowest BCUT2D eigenvalue weighted by Gasteiger charge is -2.39. The molecule has 4 N–H and O–H groups in total. The number of carbonyl (C=O) groups is 1. The summed E-state index contributed by atoms with van der Waals surface area (Å²) in [4.78, 5) is 12.2. The molecule has 0 aromatic rings. The molecule has 0 spiro atoms. The van der Waals surface area contributed by atoms with Crippen molar-refractivity contribution in [2.24, 2.45) is 17.6 Å². The average Bonchev–Trinajstić information content (AvgIpc) is 2.43. The molecule has 3 unspecified atom stereocenters. The second kappa shape index (κ2) is 8.63. The molecule has 3 atom stereocenters. The van der Waals surface area contributed by atoms with Gasteiger partial charge in [0, 0.05) is 6.42 Å². The lowest BCUT2D eigenvalue weighted by Crippen LogP contribution is -2.53. The van der Waals surface area contributed by atoms with Crippen LogP contribution >= 0.6 is 0 Å². The van der Waals surface area contributed by atoms with Gasteiger partial charge in [0.1, 0.15) is 0 Å². The van der Waals surface area contributed by atoms with Crippen molar-refractivity contribution in [2.75, 3.05) is 13.2 Å². The van der Waals surface area contributed by atoms with Gasteiger partial charge in [-0.25, -0.2) is 0 Å². The van der Waals surface area contributed by atoms with Crippen LogP contribution in [0.25, 0.3) is 0 Å². The first-order valence-corrected chi connectivity index (χ1v) is 8.17. The first kappa shape index (κ1) is 17.4. The van der Waals surface area contributed by atoms with Gasteiger partial charge in [-0.2, -0.15) is 0 Å². The maximum atomic E-state index is 12.2. The van der Waals surface area contributed by atoms with Crippen LogP contribution in [0.2, 0.25) is 0 Å². The maximum absolute atomic E-state index is 12.2. The Morgan fingerprint density at radius 3 is 2.80 bits per heavy atom. The monoisotopic (exact) mass is 284 g/mol. The van der Waals surface area contributed by atoms with E-state index in [0.29, 0.717) is 24.8 Å². The molecule has 1 aliphatic carbocycles. The van der Waals surface area contributed by atoms with Gasteiger partial charge >= 0.3 is 0 Å². The molecule has 4 heteroatoms. The van der Waals surface area contributed by atoms with E-state index in [4.69, 9.17) is 5.73 Å². The Balaban J connectivity index is 2.43. The van der Waals surface area contributed by atoms with Crippen LogP contribution in [0.5, 0.6) is 0 Å². The Bertz CT molecular complexity index is 296. The first-order valence-electron chi connectivity index (χ1n) is 8.17. The normalized spacial score (nSPS) is 28.1. The van der Waals surface area contributed by atoms with Crippen LogP contribution < -0.4 is 11.1 Å². The molecular weight excluding hydrogens is 252 g/mol. The predicted molar refractivity (Wildman–Crippen MR) is 82.3 cm³/mol. The summed E-state index contributed by atoms with van der Waals surface area (Å²) in [5, 5.41) is 12.8. The second-order valence-electron chi connectivity index (χ2n) is 6.58. The van der Waals surface area contributed by atoms with Crippen molar-refractivity contribution < 1.29 is 9.90 Å². The van der Waals surface area contributed by atoms with E-state index in [9.17, 15) is 9.90 Å². The van der Waals surface area contributed by atoms with Crippen LogP contribution in [-0.2, 0) is 4.79 Å². The molecule has 1 fully saturated rings. The fourth-order valence-electron chi connectivity index (χ4n) is 3.44. The van der Waals surface area contributed by atoms with Crippen molar-refractivity contribution in [3.63, 3.8) is 0 Å². The zero-order valence-corrected chi connectivity index (χ0v) is 13.2. The molecule has 0 heterocycles. The fourth-order valence-corrected chi connectivity index (χ4v) is 3.44. The molecule has 1 amide bonds. The van der Waals surface area contributed by atoms with E-state index >= 15 is 0 Å². The fraction of sp³-hybridized carbons (Fsp3) is 0.938. The highest BCUT2D eigenvalue weighted by Crippen LogP contribution is 2.32. The summed E-state index contributed by atoms with van der Waals surface area (Å²) in [6, 6.07) is 0. The molecule has 0 aromatic carbocycles. The highest BCUT2D eigenvalue weighted by Gasteiger charge is 2.35. The number of hydrogen-bond acceptors (Lipinski definition) is 3. The summed E-state index contributed by atoms with van der Waals surface area (Å²) in [5.74, 6) is 1.21. The van der Waals surface area contributed by atoms with Gasteiger partial charge in [-0.05, 0) is 44.1 Å². The standard InChI is InChI=1S/C16H32N2O2/c1-3-14(8-10-17)6-7-15(20)18-16(12-19)9-4-5-13(2)11-16/h13-14,19H,3-12,17H2,1-2H3,(H,18,20).